The summed E-state index contributed by atoms with van der Waals surface area (Å²) >= 11 is 5.76. The second kappa shape index (κ2) is 5.89. The van der Waals surface area contributed by atoms with E-state index in [9.17, 15) is 8.42 Å². The Hall–Kier alpha value is -1.60. The van der Waals surface area contributed by atoms with Crippen molar-refractivity contribution in [2.24, 2.45) is 0 Å². The van der Waals surface area contributed by atoms with E-state index < -0.39 is 15.7 Å². The molecule has 22 heavy (non-hydrogen) atoms. The first kappa shape index (κ1) is 15.3. The zero-order valence-electron chi connectivity index (χ0n) is 11.5. The van der Waals surface area contributed by atoms with Crippen LogP contribution in [0.4, 0.5) is 0 Å². The maximum atomic E-state index is 12.3. The van der Waals surface area contributed by atoms with Crippen molar-refractivity contribution in [3.05, 3.63) is 59.6 Å². The minimum atomic E-state index is -3.69. The van der Waals surface area contributed by atoms with Crippen LogP contribution in [0, 0.1) is 0 Å². The number of rotatable bonds is 6. The minimum Gasteiger partial charge on any atom is -0.489 e. The highest BCUT2D eigenvalue weighted by Crippen LogP contribution is 2.27. The van der Waals surface area contributed by atoms with Crippen LogP contribution in [0.1, 0.15) is 0 Å². The maximum absolute atomic E-state index is 12.3. The van der Waals surface area contributed by atoms with Crippen molar-refractivity contribution in [1.82, 2.24) is 4.72 Å². The summed E-state index contributed by atoms with van der Waals surface area (Å²) in [6.07, 6.45) is 0. The molecule has 2 aromatic carbocycles. The molecule has 0 amide bonds. The van der Waals surface area contributed by atoms with Crippen molar-refractivity contribution in [3.8, 4) is 5.75 Å². The average molecular weight is 340 g/mol. The van der Waals surface area contributed by atoms with Gasteiger partial charge in [-0.1, -0.05) is 29.8 Å². The molecule has 1 saturated heterocycles. The van der Waals surface area contributed by atoms with Crippen LogP contribution in [0.2, 0.25) is 5.02 Å². The van der Waals surface area contributed by atoms with Gasteiger partial charge in [-0.05, 0) is 36.4 Å². The molecule has 1 N–H and O–H groups in total. The van der Waals surface area contributed by atoms with Gasteiger partial charge in [0.1, 0.15) is 12.4 Å². The summed E-state index contributed by atoms with van der Waals surface area (Å²) in [6.45, 7) is 0.372. The molecule has 3 rings (SSSR count). The van der Waals surface area contributed by atoms with E-state index >= 15 is 0 Å². The van der Waals surface area contributed by atoms with Crippen molar-refractivity contribution in [1.29, 1.82) is 0 Å². The average Bonchev–Trinajstić information content (AvgIpc) is 3.26. The number of halogens is 1. The Morgan fingerprint density at radius 3 is 2.36 bits per heavy atom. The van der Waals surface area contributed by atoms with E-state index in [0.717, 1.165) is 0 Å². The van der Waals surface area contributed by atoms with Gasteiger partial charge in [-0.15, -0.1) is 0 Å². The predicted octanol–water partition coefficient (Wildman–Crippen LogP) is 2.42. The van der Waals surface area contributed by atoms with Gasteiger partial charge in [-0.3, -0.25) is 0 Å². The van der Waals surface area contributed by atoms with Gasteiger partial charge >= 0.3 is 0 Å². The minimum absolute atomic E-state index is 0.101. The summed E-state index contributed by atoms with van der Waals surface area (Å²) < 4.78 is 38.0. The molecule has 1 fully saturated rings. The zero-order valence-corrected chi connectivity index (χ0v) is 13.1. The molecule has 0 aromatic heterocycles. The van der Waals surface area contributed by atoms with Crippen LogP contribution in [-0.2, 0) is 14.8 Å². The Balaban J connectivity index is 1.67. The van der Waals surface area contributed by atoms with Crippen molar-refractivity contribution in [3.63, 3.8) is 0 Å². The lowest BCUT2D eigenvalue weighted by Crippen LogP contribution is -2.42. The van der Waals surface area contributed by atoms with Crippen LogP contribution >= 0.6 is 11.6 Å². The summed E-state index contributed by atoms with van der Waals surface area (Å²) in [4.78, 5) is 0.131. The second-order valence-electron chi connectivity index (χ2n) is 4.94. The Morgan fingerprint density at radius 1 is 1.14 bits per heavy atom. The molecule has 1 aliphatic rings. The van der Waals surface area contributed by atoms with Gasteiger partial charge in [-0.2, -0.15) is 4.72 Å². The van der Waals surface area contributed by atoms with E-state index in [2.05, 4.69) is 4.72 Å². The van der Waals surface area contributed by atoms with Gasteiger partial charge in [-0.25, -0.2) is 8.42 Å². The summed E-state index contributed by atoms with van der Waals surface area (Å²) in [6, 6.07) is 15.1. The third kappa shape index (κ3) is 3.59. The molecule has 1 heterocycles. The molecule has 2 aromatic rings. The maximum Gasteiger partial charge on any atom is 0.243 e. The highest BCUT2D eigenvalue weighted by Gasteiger charge is 2.49. The molecule has 0 aliphatic carbocycles. The number of benzene rings is 2. The molecular weight excluding hydrogens is 326 g/mol. The molecule has 0 spiro atoms. The summed E-state index contributed by atoms with van der Waals surface area (Å²) in [5.41, 5.74) is -1.01. The summed E-state index contributed by atoms with van der Waals surface area (Å²) in [5, 5.41) is 0.476. The largest absolute Gasteiger partial charge is 0.489 e. The number of nitrogens with one attached hydrogen (secondary N) is 1. The van der Waals surface area contributed by atoms with E-state index in [1.807, 2.05) is 18.2 Å². The molecule has 5 nitrogen and oxygen atoms in total. The van der Waals surface area contributed by atoms with Crippen LogP contribution in [0.15, 0.2) is 59.5 Å². The van der Waals surface area contributed by atoms with Crippen molar-refractivity contribution in [2.45, 2.75) is 10.6 Å². The lowest BCUT2D eigenvalue weighted by molar-refractivity contribution is 0.179. The van der Waals surface area contributed by atoms with Gasteiger partial charge in [0, 0.05) is 5.02 Å². The topological polar surface area (TPSA) is 67.9 Å². The fraction of sp³-hybridized carbons (Fsp3) is 0.200. The number of hydrogen-bond donors (Lipinski definition) is 1. The van der Waals surface area contributed by atoms with Gasteiger partial charge in [0.2, 0.25) is 10.0 Å². The molecule has 116 valence electrons. The molecule has 0 radical (unpaired) electrons. The van der Waals surface area contributed by atoms with Gasteiger partial charge in [0.05, 0.1) is 11.5 Å². The smallest absolute Gasteiger partial charge is 0.243 e. The quantitative estimate of drug-likeness (QED) is 0.821. The first-order chi connectivity index (χ1) is 10.5. The van der Waals surface area contributed by atoms with Crippen LogP contribution in [-0.4, -0.2) is 27.4 Å². The van der Waals surface area contributed by atoms with Gasteiger partial charge < -0.3 is 9.47 Å². The van der Waals surface area contributed by atoms with Crippen LogP contribution < -0.4 is 9.46 Å². The lowest BCUT2D eigenvalue weighted by Gasteiger charge is -2.15. The third-order valence-electron chi connectivity index (χ3n) is 3.15. The summed E-state index contributed by atoms with van der Waals surface area (Å²) in [7, 11) is -3.69. The SMILES string of the molecule is O=S(=O)(NC1(COc2ccccc2)CO1)c1ccc(Cl)cc1. The first-order valence-electron chi connectivity index (χ1n) is 6.61. The van der Waals surface area contributed by atoms with E-state index in [4.69, 9.17) is 21.1 Å². The van der Waals surface area contributed by atoms with E-state index in [-0.39, 0.29) is 18.1 Å². The fourth-order valence-electron chi connectivity index (χ4n) is 1.89. The molecule has 1 aliphatic heterocycles. The van der Waals surface area contributed by atoms with Crippen LogP contribution in [0.3, 0.4) is 0 Å². The van der Waals surface area contributed by atoms with E-state index in [0.29, 0.717) is 10.8 Å². The first-order valence-corrected chi connectivity index (χ1v) is 8.47. The zero-order chi connectivity index (χ0) is 15.6. The predicted molar refractivity (Wildman–Crippen MR) is 82.4 cm³/mol. The fourth-order valence-corrected chi connectivity index (χ4v) is 3.30. The monoisotopic (exact) mass is 339 g/mol. The Morgan fingerprint density at radius 2 is 1.77 bits per heavy atom. The molecule has 1 atom stereocenters. The Bertz CT molecular complexity index is 743. The Labute approximate surface area is 133 Å². The standard InChI is InChI=1S/C15H14ClNO4S/c16-12-6-8-14(9-7-12)22(18,19)17-15(11-21-15)10-20-13-4-2-1-3-5-13/h1-9,17H,10-11H2. The number of para-hydroxylation sites is 1. The van der Waals surface area contributed by atoms with Gasteiger partial charge in [0.25, 0.3) is 0 Å². The van der Waals surface area contributed by atoms with Crippen molar-refractivity contribution in [2.75, 3.05) is 13.2 Å². The van der Waals surface area contributed by atoms with Crippen LogP contribution in [0.5, 0.6) is 5.75 Å². The number of ether oxygens (including phenoxy) is 2. The number of hydrogen-bond acceptors (Lipinski definition) is 4. The number of epoxide rings is 1. The van der Waals surface area contributed by atoms with Crippen molar-refractivity contribution < 1.29 is 17.9 Å². The van der Waals surface area contributed by atoms with Gasteiger partial charge in [0.15, 0.2) is 5.72 Å². The highest BCUT2D eigenvalue weighted by atomic mass is 35.5. The van der Waals surface area contributed by atoms with Crippen molar-refractivity contribution >= 4 is 21.6 Å². The third-order valence-corrected chi connectivity index (χ3v) is 4.94. The second-order valence-corrected chi connectivity index (χ2v) is 7.06. The Kier molecular flexibility index (Phi) is 4.10. The molecule has 1 unspecified atom stereocenters. The highest BCUT2D eigenvalue weighted by molar-refractivity contribution is 7.89. The van der Waals surface area contributed by atoms with Crippen LogP contribution in [0.25, 0.3) is 0 Å². The number of sulfonamides is 1. The lowest BCUT2D eigenvalue weighted by atomic mass is 10.3. The molecular formula is C15H14ClNO4S. The molecule has 0 saturated carbocycles. The van der Waals surface area contributed by atoms with E-state index in [1.165, 1.54) is 24.3 Å². The molecule has 0 bridgehead atoms. The summed E-state index contributed by atoms with van der Waals surface area (Å²) in [5.74, 6) is 0.656. The molecule has 7 heteroatoms. The normalized spacial score (nSPS) is 20.6. The van der Waals surface area contributed by atoms with E-state index in [1.54, 1.807) is 12.1 Å².